The molecule has 0 aliphatic heterocycles. The lowest BCUT2D eigenvalue weighted by Crippen LogP contribution is -2.22. The lowest BCUT2D eigenvalue weighted by Gasteiger charge is -2.17. The molecule has 0 bridgehead atoms. The number of halogens is 1. The first-order valence-corrected chi connectivity index (χ1v) is 8.88. The van der Waals surface area contributed by atoms with E-state index in [4.69, 9.17) is 0 Å². The molecule has 6 heteroatoms. The lowest BCUT2D eigenvalue weighted by molar-refractivity contribution is 0.584. The normalized spacial score (nSPS) is 16.2. The second kappa shape index (κ2) is 6.12. The number of hydrogen-bond acceptors (Lipinski definition) is 3. The number of aryl methyl sites for hydroxylation is 2. The zero-order valence-electron chi connectivity index (χ0n) is 12.7. The van der Waals surface area contributed by atoms with Gasteiger partial charge in [0.15, 0.2) is 0 Å². The van der Waals surface area contributed by atoms with Crippen LogP contribution >= 0.6 is 0 Å². The minimum absolute atomic E-state index is 0.169. The number of fused-ring (bicyclic) bond motifs is 1. The summed E-state index contributed by atoms with van der Waals surface area (Å²) < 4.78 is 37.8. The molecule has 120 valence electrons. The average Bonchev–Trinajstić information content (AvgIpc) is 2.53. The molecular weight excluding hydrogens is 315 g/mol. The number of benzene rings is 2. The van der Waals surface area contributed by atoms with Gasteiger partial charge in [-0.2, -0.15) is 18.4 Å². The Balaban J connectivity index is 1.88. The van der Waals surface area contributed by atoms with Gasteiger partial charge in [-0.25, -0.2) is 4.39 Å². The molecule has 1 aliphatic carbocycles. The number of hydrazone groups is 1. The van der Waals surface area contributed by atoms with Crippen molar-refractivity contribution in [1.82, 2.24) is 4.83 Å². The summed E-state index contributed by atoms with van der Waals surface area (Å²) in [6.07, 6.45) is 2.26. The summed E-state index contributed by atoms with van der Waals surface area (Å²) in [5.41, 5.74) is 3.30. The van der Waals surface area contributed by atoms with Crippen molar-refractivity contribution in [2.45, 2.75) is 31.1 Å². The second-order valence-corrected chi connectivity index (χ2v) is 7.28. The molecule has 1 N–H and O–H groups in total. The van der Waals surface area contributed by atoms with Crippen molar-refractivity contribution in [2.24, 2.45) is 5.10 Å². The van der Waals surface area contributed by atoms with E-state index in [-0.39, 0.29) is 10.7 Å². The van der Waals surface area contributed by atoms with Gasteiger partial charge in [0.2, 0.25) is 0 Å². The molecule has 0 fully saturated rings. The third kappa shape index (κ3) is 3.42. The van der Waals surface area contributed by atoms with Crippen LogP contribution in [0.4, 0.5) is 4.39 Å². The van der Waals surface area contributed by atoms with E-state index in [2.05, 4.69) is 9.93 Å². The molecule has 0 saturated carbocycles. The maximum absolute atomic E-state index is 13.3. The van der Waals surface area contributed by atoms with E-state index in [1.54, 1.807) is 30.3 Å². The maximum atomic E-state index is 13.3. The van der Waals surface area contributed by atoms with Crippen LogP contribution in [0.5, 0.6) is 0 Å². The third-order valence-electron chi connectivity index (χ3n) is 3.87. The maximum Gasteiger partial charge on any atom is 0.276 e. The van der Waals surface area contributed by atoms with Crippen LogP contribution in [0.1, 0.15) is 29.5 Å². The van der Waals surface area contributed by atoms with E-state index in [9.17, 15) is 12.8 Å². The molecule has 0 aromatic heterocycles. The Morgan fingerprint density at radius 2 is 1.83 bits per heavy atom. The quantitative estimate of drug-likeness (QED) is 0.878. The molecule has 4 nitrogen and oxygen atoms in total. The van der Waals surface area contributed by atoms with Gasteiger partial charge in [-0.15, -0.1) is 0 Å². The molecular formula is C17H17FN2O2S. The molecule has 0 atom stereocenters. The molecule has 23 heavy (non-hydrogen) atoms. The molecule has 0 unspecified atom stereocenters. The summed E-state index contributed by atoms with van der Waals surface area (Å²) in [7, 11) is -3.70. The van der Waals surface area contributed by atoms with Gasteiger partial charge in [0.05, 0.1) is 10.6 Å². The fourth-order valence-corrected chi connectivity index (χ4v) is 3.46. The highest BCUT2D eigenvalue weighted by Crippen LogP contribution is 2.22. The molecule has 2 aromatic rings. The van der Waals surface area contributed by atoms with Gasteiger partial charge < -0.3 is 0 Å². The van der Waals surface area contributed by atoms with E-state index in [0.717, 1.165) is 29.5 Å². The zero-order chi connectivity index (χ0) is 16.4. The van der Waals surface area contributed by atoms with Crippen molar-refractivity contribution in [3.63, 3.8) is 0 Å². The summed E-state index contributed by atoms with van der Waals surface area (Å²) >= 11 is 0. The highest BCUT2D eigenvalue weighted by molar-refractivity contribution is 7.89. The first-order chi connectivity index (χ1) is 11.0. The fourth-order valence-electron chi connectivity index (χ4n) is 2.63. The Morgan fingerprint density at radius 1 is 1.09 bits per heavy atom. The van der Waals surface area contributed by atoms with Gasteiger partial charge in [0, 0.05) is 5.56 Å². The molecule has 0 saturated heterocycles. The summed E-state index contributed by atoms with van der Waals surface area (Å²) in [5, 5.41) is 4.08. The smallest absolute Gasteiger partial charge is 0.207 e. The Morgan fingerprint density at radius 3 is 2.57 bits per heavy atom. The fraction of sp³-hybridized carbons (Fsp3) is 0.235. The molecule has 3 rings (SSSR count). The van der Waals surface area contributed by atoms with Crippen molar-refractivity contribution >= 4 is 15.7 Å². The summed E-state index contributed by atoms with van der Waals surface area (Å²) in [6, 6.07) is 11.1. The van der Waals surface area contributed by atoms with Gasteiger partial charge in [-0.1, -0.05) is 17.7 Å². The predicted octanol–water partition coefficient (Wildman–Crippen LogP) is 3.15. The number of nitrogens with zero attached hydrogens (tertiary/aromatic N) is 1. The predicted molar refractivity (Wildman–Crippen MR) is 87.4 cm³/mol. The molecule has 2 aromatic carbocycles. The minimum Gasteiger partial charge on any atom is -0.207 e. The van der Waals surface area contributed by atoms with Gasteiger partial charge in [-0.3, -0.25) is 0 Å². The van der Waals surface area contributed by atoms with Crippen LogP contribution in [-0.4, -0.2) is 14.1 Å². The monoisotopic (exact) mass is 332 g/mol. The Bertz CT molecular complexity index is 859. The van der Waals surface area contributed by atoms with Crippen LogP contribution in [0.3, 0.4) is 0 Å². The summed E-state index contributed by atoms with van der Waals surface area (Å²) in [5.74, 6) is -0.287. The van der Waals surface area contributed by atoms with Gasteiger partial charge >= 0.3 is 0 Å². The van der Waals surface area contributed by atoms with E-state index in [1.807, 2.05) is 6.92 Å². The van der Waals surface area contributed by atoms with Crippen LogP contribution in [0, 0.1) is 12.7 Å². The van der Waals surface area contributed by atoms with E-state index in [0.29, 0.717) is 12.1 Å². The minimum atomic E-state index is -3.70. The van der Waals surface area contributed by atoms with Crippen molar-refractivity contribution in [3.8, 4) is 0 Å². The van der Waals surface area contributed by atoms with Crippen LogP contribution < -0.4 is 4.83 Å². The Kier molecular flexibility index (Phi) is 4.17. The second-order valence-electron chi connectivity index (χ2n) is 5.62. The first kappa shape index (κ1) is 15.7. The lowest BCUT2D eigenvalue weighted by atomic mass is 9.90. The van der Waals surface area contributed by atoms with E-state index < -0.39 is 10.0 Å². The van der Waals surface area contributed by atoms with Crippen molar-refractivity contribution in [3.05, 3.63) is 65.0 Å². The Hall–Kier alpha value is -2.21. The zero-order valence-corrected chi connectivity index (χ0v) is 13.5. The number of nitrogens with one attached hydrogen (secondary N) is 1. The standard InChI is InChI=1S/C17H17FN2O2S/c1-12-5-8-15(9-6-12)23(21,22)20-19-17-4-2-3-13-11-14(18)7-10-16(13)17/h5-11,20H,2-4H2,1H3. The van der Waals surface area contributed by atoms with Gasteiger partial charge in [-0.05, 0) is 62.1 Å². The summed E-state index contributed by atoms with van der Waals surface area (Å²) in [4.78, 5) is 2.46. The molecule has 0 spiro atoms. The van der Waals surface area contributed by atoms with Gasteiger partial charge in [0.25, 0.3) is 10.0 Å². The summed E-state index contributed by atoms with van der Waals surface area (Å²) in [6.45, 7) is 1.89. The van der Waals surface area contributed by atoms with Crippen molar-refractivity contribution in [2.75, 3.05) is 0 Å². The molecule has 0 amide bonds. The molecule has 1 aliphatic rings. The largest absolute Gasteiger partial charge is 0.276 e. The highest BCUT2D eigenvalue weighted by atomic mass is 32.2. The number of rotatable bonds is 3. The highest BCUT2D eigenvalue weighted by Gasteiger charge is 2.18. The average molecular weight is 332 g/mol. The molecule has 0 radical (unpaired) electrons. The van der Waals surface area contributed by atoms with E-state index >= 15 is 0 Å². The topological polar surface area (TPSA) is 58.5 Å². The van der Waals surface area contributed by atoms with E-state index in [1.165, 1.54) is 12.1 Å². The number of sulfonamides is 1. The Labute approximate surface area is 135 Å². The van der Waals surface area contributed by atoms with Crippen LogP contribution in [-0.2, 0) is 16.4 Å². The third-order valence-corrected chi connectivity index (χ3v) is 5.09. The van der Waals surface area contributed by atoms with Crippen LogP contribution in [0.2, 0.25) is 0 Å². The van der Waals surface area contributed by atoms with Crippen LogP contribution in [0.15, 0.2) is 52.5 Å². The SMILES string of the molecule is Cc1ccc(S(=O)(=O)NN=C2CCCc3cc(F)ccc32)cc1. The van der Waals surface area contributed by atoms with Crippen molar-refractivity contribution in [1.29, 1.82) is 0 Å². The first-order valence-electron chi connectivity index (χ1n) is 7.39. The van der Waals surface area contributed by atoms with Crippen molar-refractivity contribution < 1.29 is 12.8 Å². The molecule has 0 heterocycles. The van der Waals surface area contributed by atoms with Crippen LogP contribution in [0.25, 0.3) is 0 Å². The van der Waals surface area contributed by atoms with Gasteiger partial charge in [0.1, 0.15) is 5.82 Å². The number of hydrogen-bond donors (Lipinski definition) is 1.